The number of H-pyrrole nitrogens is 1. The van der Waals surface area contributed by atoms with Crippen LogP contribution in [-0.4, -0.2) is 23.2 Å². The average Bonchev–Trinajstić information content (AvgIpc) is 2.97. The average molecular weight is 271 g/mol. The quantitative estimate of drug-likeness (QED) is 0.909. The topological polar surface area (TPSA) is 41.1 Å². The minimum Gasteiger partial charge on any atom is -0.356 e. The molecule has 0 unspecified atom stereocenters. The van der Waals surface area contributed by atoms with E-state index in [4.69, 9.17) is 4.74 Å². The summed E-state index contributed by atoms with van der Waals surface area (Å²) in [4.78, 5) is 10.1. The van der Waals surface area contributed by atoms with Gasteiger partial charge in [0.15, 0.2) is 0 Å². The van der Waals surface area contributed by atoms with Crippen LogP contribution in [-0.2, 0) is 11.3 Å². The number of nitrogens with one attached hydrogen (secondary N) is 1. The third-order valence-electron chi connectivity index (χ3n) is 4.66. The second-order valence-corrected chi connectivity index (χ2v) is 6.08. The van der Waals surface area contributed by atoms with E-state index in [1.165, 1.54) is 48.7 Å². The fourth-order valence-electron chi connectivity index (χ4n) is 3.67. The largest absolute Gasteiger partial charge is 0.356 e. The number of hydrogen-bond donors (Lipinski definition) is 1. The van der Waals surface area contributed by atoms with Gasteiger partial charge in [0.25, 0.3) is 0 Å². The lowest BCUT2D eigenvalue weighted by Crippen LogP contribution is -2.36. The Balaban J connectivity index is 1.67. The zero-order valence-electron chi connectivity index (χ0n) is 11.8. The molecule has 4 heteroatoms. The molecule has 0 amide bonds. The second kappa shape index (κ2) is 5.09. The lowest BCUT2D eigenvalue weighted by atomic mass is 9.88. The van der Waals surface area contributed by atoms with E-state index in [2.05, 4.69) is 20.9 Å². The Labute approximate surface area is 119 Å². The van der Waals surface area contributed by atoms with Gasteiger partial charge in [-0.1, -0.05) is 19.3 Å². The Morgan fingerprint density at radius 1 is 1.30 bits per heavy atom. The maximum absolute atomic E-state index is 5.75. The van der Waals surface area contributed by atoms with Gasteiger partial charge >= 0.3 is 0 Å². The summed E-state index contributed by atoms with van der Waals surface area (Å²) in [5, 5.41) is 1.24. The van der Waals surface area contributed by atoms with Gasteiger partial charge in [-0.05, 0) is 24.8 Å². The van der Waals surface area contributed by atoms with E-state index in [-0.39, 0.29) is 0 Å². The van der Waals surface area contributed by atoms with Crippen LogP contribution in [0.4, 0.5) is 5.69 Å². The van der Waals surface area contributed by atoms with E-state index in [0.717, 1.165) is 18.1 Å². The standard InChI is InChI=1S/C16H21N3O/c1-2-4-12(5-3-1)9-19-11-20-10-13-8-18-16-14(15(13)19)6-7-17-16/h6-8,12H,1-5,9-11H2,(H,17,18). The normalized spacial score (nSPS) is 20.3. The van der Waals surface area contributed by atoms with Crippen LogP contribution < -0.4 is 4.90 Å². The van der Waals surface area contributed by atoms with E-state index < -0.39 is 0 Å². The third-order valence-corrected chi connectivity index (χ3v) is 4.66. The number of aromatic nitrogens is 2. The number of rotatable bonds is 2. The van der Waals surface area contributed by atoms with Gasteiger partial charge in [0.2, 0.25) is 0 Å². The summed E-state index contributed by atoms with van der Waals surface area (Å²) in [7, 11) is 0. The maximum Gasteiger partial charge on any atom is 0.139 e. The highest BCUT2D eigenvalue weighted by Gasteiger charge is 2.24. The van der Waals surface area contributed by atoms with Gasteiger partial charge in [-0.15, -0.1) is 0 Å². The zero-order valence-corrected chi connectivity index (χ0v) is 11.8. The number of pyridine rings is 1. The van der Waals surface area contributed by atoms with E-state index in [9.17, 15) is 0 Å². The first-order chi connectivity index (χ1) is 9.92. The summed E-state index contributed by atoms with van der Waals surface area (Å²) in [6.07, 6.45) is 10.9. The van der Waals surface area contributed by atoms with Crippen molar-refractivity contribution in [1.29, 1.82) is 0 Å². The first kappa shape index (κ1) is 12.2. The fraction of sp³-hybridized carbons (Fsp3) is 0.562. The molecule has 1 saturated carbocycles. The Morgan fingerprint density at radius 3 is 3.10 bits per heavy atom. The molecule has 0 bridgehead atoms. The highest BCUT2D eigenvalue weighted by atomic mass is 16.5. The van der Waals surface area contributed by atoms with Crippen LogP contribution in [0.5, 0.6) is 0 Å². The summed E-state index contributed by atoms with van der Waals surface area (Å²) in [6.45, 7) is 2.52. The summed E-state index contributed by atoms with van der Waals surface area (Å²) in [5.41, 5.74) is 3.55. The molecule has 1 fully saturated rings. The molecule has 0 saturated heterocycles. The Morgan fingerprint density at radius 2 is 2.20 bits per heavy atom. The van der Waals surface area contributed by atoms with Gasteiger partial charge in [-0.2, -0.15) is 0 Å². The monoisotopic (exact) mass is 271 g/mol. The molecule has 0 spiro atoms. The number of aromatic amines is 1. The third kappa shape index (κ3) is 2.08. The Kier molecular flexibility index (Phi) is 3.11. The lowest BCUT2D eigenvalue weighted by Gasteiger charge is -2.35. The number of hydrogen-bond acceptors (Lipinski definition) is 3. The maximum atomic E-state index is 5.75. The van der Waals surface area contributed by atoms with Crippen LogP contribution in [0.3, 0.4) is 0 Å². The first-order valence-corrected chi connectivity index (χ1v) is 7.69. The van der Waals surface area contributed by atoms with Gasteiger partial charge < -0.3 is 14.6 Å². The van der Waals surface area contributed by atoms with Gasteiger partial charge in [0, 0.05) is 29.9 Å². The number of anilines is 1. The molecule has 4 nitrogen and oxygen atoms in total. The fourth-order valence-corrected chi connectivity index (χ4v) is 3.67. The van der Waals surface area contributed by atoms with Crippen molar-refractivity contribution < 1.29 is 4.74 Å². The van der Waals surface area contributed by atoms with E-state index in [1.807, 2.05) is 12.4 Å². The molecule has 106 valence electrons. The number of nitrogens with zero attached hydrogens (tertiary/aromatic N) is 2. The van der Waals surface area contributed by atoms with Crippen LogP contribution >= 0.6 is 0 Å². The van der Waals surface area contributed by atoms with E-state index in [1.54, 1.807) is 0 Å². The predicted molar refractivity (Wildman–Crippen MR) is 79.7 cm³/mol. The van der Waals surface area contributed by atoms with Gasteiger partial charge in [0.1, 0.15) is 12.4 Å². The molecule has 20 heavy (non-hydrogen) atoms. The van der Waals surface area contributed by atoms with Gasteiger partial charge in [-0.25, -0.2) is 4.98 Å². The number of fused-ring (bicyclic) bond motifs is 3. The molecule has 4 rings (SSSR count). The van der Waals surface area contributed by atoms with Gasteiger partial charge in [-0.3, -0.25) is 0 Å². The highest BCUT2D eigenvalue weighted by molar-refractivity contribution is 5.91. The molecule has 1 aliphatic carbocycles. The van der Waals surface area contributed by atoms with Crippen LogP contribution in [0.25, 0.3) is 11.0 Å². The van der Waals surface area contributed by atoms with Crippen molar-refractivity contribution in [2.75, 3.05) is 18.2 Å². The molecule has 3 heterocycles. The summed E-state index contributed by atoms with van der Waals surface area (Å²) in [5.74, 6) is 0.820. The summed E-state index contributed by atoms with van der Waals surface area (Å²) < 4.78 is 5.75. The molecule has 2 aliphatic rings. The van der Waals surface area contributed by atoms with Crippen LogP contribution in [0.2, 0.25) is 0 Å². The molecule has 1 aliphatic heterocycles. The molecule has 0 atom stereocenters. The van der Waals surface area contributed by atoms with Crippen molar-refractivity contribution in [1.82, 2.24) is 9.97 Å². The summed E-state index contributed by atoms with van der Waals surface area (Å²) >= 11 is 0. The Bertz CT molecular complexity index is 601. The molecule has 2 aromatic heterocycles. The summed E-state index contributed by atoms with van der Waals surface area (Å²) in [6, 6.07) is 2.14. The molecule has 1 N–H and O–H groups in total. The van der Waals surface area contributed by atoms with E-state index in [0.29, 0.717) is 13.3 Å². The molecular formula is C16H21N3O. The van der Waals surface area contributed by atoms with Crippen molar-refractivity contribution in [3.8, 4) is 0 Å². The molecule has 2 aromatic rings. The predicted octanol–water partition coefficient (Wildman–Crippen LogP) is 3.44. The minimum absolute atomic E-state index is 0.685. The second-order valence-electron chi connectivity index (χ2n) is 6.08. The molecular weight excluding hydrogens is 250 g/mol. The smallest absolute Gasteiger partial charge is 0.139 e. The van der Waals surface area contributed by atoms with Crippen LogP contribution in [0.1, 0.15) is 37.7 Å². The van der Waals surface area contributed by atoms with Crippen molar-refractivity contribution in [2.24, 2.45) is 5.92 Å². The lowest BCUT2D eigenvalue weighted by molar-refractivity contribution is 0.106. The van der Waals surface area contributed by atoms with Crippen LogP contribution in [0.15, 0.2) is 18.5 Å². The van der Waals surface area contributed by atoms with Crippen molar-refractivity contribution in [3.63, 3.8) is 0 Å². The van der Waals surface area contributed by atoms with Crippen LogP contribution in [0, 0.1) is 5.92 Å². The molecule has 0 aromatic carbocycles. The highest BCUT2D eigenvalue weighted by Crippen LogP contribution is 2.34. The van der Waals surface area contributed by atoms with E-state index >= 15 is 0 Å². The minimum atomic E-state index is 0.685. The Hall–Kier alpha value is -1.55. The van der Waals surface area contributed by atoms with Crippen molar-refractivity contribution in [2.45, 2.75) is 38.7 Å². The number of ether oxygens (including phenoxy) is 1. The van der Waals surface area contributed by atoms with Crippen molar-refractivity contribution >= 4 is 16.7 Å². The first-order valence-electron chi connectivity index (χ1n) is 7.69. The SMILES string of the molecule is c1cc2c3c(cnc2[nH]1)COCN3CC1CCCCC1. The van der Waals surface area contributed by atoms with Gasteiger partial charge in [0.05, 0.1) is 12.3 Å². The van der Waals surface area contributed by atoms with Crippen molar-refractivity contribution in [3.05, 3.63) is 24.0 Å². The molecule has 0 radical (unpaired) electrons. The zero-order chi connectivity index (χ0) is 13.4.